The van der Waals surface area contributed by atoms with Crippen LogP contribution in [0.1, 0.15) is 12.0 Å². The predicted molar refractivity (Wildman–Crippen MR) is 102 cm³/mol. The second kappa shape index (κ2) is 7.16. The van der Waals surface area contributed by atoms with Crippen LogP contribution in [0.5, 0.6) is 0 Å². The lowest BCUT2D eigenvalue weighted by molar-refractivity contribution is 0.555. The van der Waals surface area contributed by atoms with Crippen molar-refractivity contribution in [3.8, 4) is 18.4 Å². The molecular weight excluding hydrogens is 362 g/mol. The molecule has 0 unspecified atom stereocenters. The molecule has 2 aromatic heterocycles. The lowest BCUT2D eigenvalue weighted by Crippen LogP contribution is -2.39. The molecule has 1 aliphatic rings. The highest BCUT2D eigenvalue weighted by Crippen LogP contribution is 2.32. The largest absolute Gasteiger partial charge is 0.354 e. The Balaban J connectivity index is 1.65. The lowest BCUT2D eigenvalue weighted by Gasteiger charge is -2.30. The monoisotopic (exact) mass is 378 g/mol. The van der Waals surface area contributed by atoms with Gasteiger partial charge in [0.1, 0.15) is 23.5 Å². The van der Waals surface area contributed by atoms with Crippen molar-refractivity contribution in [1.82, 2.24) is 15.0 Å². The summed E-state index contributed by atoms with van der Waals surface area (Å²) in [5.41, 5.74) is 0.472. The summed E-state index contributed by atoms with van der Waals surface area (Å²) >= 11 is 0. The first-order chi connectivity index (χ1) is 13.6. The highest BCUT2D eigenvalue weighted by molar-refractivity contribution is 5.87. The van der Waals surface area contributed by atoms with E-state index in [0.717, 1.165) is 29.0 Å². The number of hydrogen-bond donors (Lipinski definition) is 1. The molecule has 3 aromatic rings. The number of rotatable bonds is 4. The molecule has 4 rings (SSSR count). The number of nitriles is 1. The average molecular weight is 378 g/mol. The van der Waals surface area contributed by atoms with E-state index in [1.165, 1.54) is 6.33 Å². The minimum Gasteiger partial charge on any atom is -0.354 e. The lowest BCUT2D eigenvalue weighted by atomic mass is 10.1. The fraction of sp³-hybridized carbons (Fsp3) is 0.250. The Morgan fingerprint density at radius 1 is 1.32 bits per heavy atom. The van der Waals surface area contributed by atoms with Gasteiger partial charge in [0.05, 0.1) is 23.6 Å². The molecule has 1 aliphatic heterocycles. The van der Waals surface area contributed by atoms with Gasteiger partial charge in [-0.2, -0.15) is 5.26 Å². The Morgan fingerprint density at radius 3 is 2.82 bits per heavy atom. The molecule has 1 N–H and O–H groups in total. The first-order valence-corrected chi connectivity index (χ1v) is 8.74. The standard InChI is InChI=1S/C20H16F2N6/c1-2-6-28(18-16(21)8-13(10-23)9-17(18)22)14-4-7-27(11-14)20-15-3-5-24-19(15)25-12-26-20/h1,3,5,8-9,12,14H,4,6-7,11H2,(H,24,25,26)/t14-/m1/s1. The van der Waals surface area contributed by atoms with Gasteiger partial charge in [0.15, 0.2) is 11.6 Å². The van der Waals surface area contributed by atoms with Gasteiger partial charge < -0.3 is 14.8 Å². The summed E-state index contributed by atoms with van der Waals surface area (Å²) in [6, 6.07) is 5.52. The van der Waals surface area contributed by atoms with Crippen LogP contribution in [0.2, 0.25) is 0 Å². The van der Waals surface area contributed by atoms with Crippen molar-refractivity contribution in [2.24, 2.45) is 0 Å². The number of aromatic amines is 1. The van der Waals surface area contributed by atoms with Crippen molar-refractivity contribution in [2.75, 3.05) is 29.4 Å². The van der Waals surface area contributed by atoms with Crippen molar-refractivity contribution >= 4 is 22.5 Å². The number of anilines is 2. The molecule has 140 valence electrons. The maximum absolute atomic E-state index is 14.6. The van der Waals surface area contributed by atoms with E-state index < -0.39 is 11.6 Å². The summed E-state index contributed by atoms with van der Waals surface area (Å²) in [5.74, 6) is 1.68. The molecule has 1 aromatic carbocycles. The van der Waals surface area contributed by atoms with Crippen LogP contribution >= 0.6 is 0 Å². The van der Waals surface area contributed by atoms with E-state index in [0.29, 0.717) is 19.5 Å². The Kier molecular flexibility index (Phi) is 4.54. The number of aromatic nitrogens is 3. The molecule has 8 heteroatoms. The molecule has 0 radical (unpaired) electrons. The Labute approximate surface area is 160 Å². The van der Waals surface area contributed by atoms with Crippen molar-refractivity contribution < 1.29 is 8.78 Å². The third-order valence-corrected chi connectivity index (χ3v) is 4.93. The summed E-state index contributed by atoms with van der Waals surface area (Å²) in [4.78, 5) is 15.2. The van der Waals surface area contributed by atoms with Crippen LogP contribution in [0.25, 0.3) is 11.0 Å². The van der Waals surface area contributed by atoms with E-state index in [1.54, 1.807) is 17.2 Å². The van der Waals surface area contributed by atoms with Gasteiger partial charge in [0.25, 0.3) is 0 Å². The van der Waals surface area contributed by atoms with Crippen molar-refractivity contribution in [2.45, 2.75) is 12.5 Å². The number of fused-ring (bicyclic) bond motifs is 1. The van der Waals surface area contributed by atoms with Crippen LogP contribution in [0.15, 0.2) is 30.7 Å². The summed E-state index contributed by atoms with van der Waals surface area (Å²) < 4.78 is 29.1. The van der Waals surface area contributed by atoms with Gasteiger partial charge in [-0.3, -0.25) is 0 Å². The molecule has 3 heterocycles. The number of nitrogens with one attached hydrogen (secondary N) is 1. The fourth-order valence-corrected chi connectivity index (χ4v) is 3.69. The summed E-state index contributed by atoms with van der Waals surface area (Å²) in [6.45, 7) is 1.24. The first kappa shape index (κ1) is 17.7. The molecule has 0 amide bonds. The highest BCUT2D eigenvalue weighted by Gasteiger charge is 2.32. The first-order valence-electron chi connectivity index (χ1n) is 8.74. The summed E-state index contributed by atoms with van der Waals surface area (Å²) in [7, 11) is 0. The molecule has 1 atom stereocenters. The van der Waals surface area contributed by atoms with E-state index in [-0.39, 0.29) is 23.8 Å². The van der Waals surface area contributed by atoms with Gasteiger partial charge in [0, 0.05) is 25.3 Å². The van der Waals surface area contributed by atoms with Crippen molar-refractivity contribution in [3.63, 3.8) is 0 Å². The number of halogens is 2. The van der Waals surface area contributed by atoms with Crippen molar-refractivity contribution in [1.29, 1.82) is 5.26 Å². The minimum atomic E-state index is -0.791. The maximum Gasteiger partial charge on any atom is 0.150 e. The minimum absolute atomic E-state index is 0.0571. The maximum atomic E-state index is 14.6. The highest BCUT2D eigenvalue weighted by atomic mass is 19.1. The number of terminal acetylenes is 1. The van der Waals surface area contributed by atoms with Gasteiger partial charge in [-0.1, -0.05) is 5.92 Å². The van der Waals surface area contributed by atoms with Crippen LogP contribution in [-0.2, 0) is 0 Å². The fourth-order valence-electron chi connectivity index (χ4n) is 3.69. The van der Waals surface area contributed by atoms with Gasteiger partial charge >= 0.3 is 0 Å². The van der Waals surface area contributed by atoms with E-state index in [1.807, 2.05) is 6.07 Å². The molecule has 0 aliphatic carbocycles. The Hall–Kier alpha value is -3.65. The number of benzene rings is 1. The van der Waals surface area contributed by atoms with Gasteiger partial charge in [-0.05, 0) is 24.6 Å². The summed E-state index contributed by atoms with van der Waals surface area (Å²) in [6.07, 6.45) is 9.41. The normalized spacial score (nSPS) is 16.1. The SMILES string of the molecule is C#CCN(c1c(F)cc(C#N)cc1F)[C@@H]1CCN(c2ncnc3[nH]ccc23)C1. The second-order valence-electron chi connectivity index (χ2n) is 6.56. The van der Waals surface area contributed by atoms with Gasteiger partial charge in [0.2, 0.25) is 0 Å². The number of hydrogen-bond acceptors (Lipinski definition) is 5. The number of nitrogens with zero attached hydrogens (tertiary/aromatic N) is 5. The van der Waals surface area contributed by atoms with Crippen LogP contribution in [0, 0.1) is 35.3 Å². The third-order valence-electron chi connectivity index (χ3n) is 4.93. The molecule has 0 spiro atoms. The molecule has 1 fully saturated rings. The van der Waals surface area contributed by atoms with Gasteiger partial charge in [-0.15, -0.1) is 6.42 Å². The summed E-state index contributed by atoms with van der Waals surface area (Å²) in [5, 5.41) is 9.80. The Morgan fingerprint density at radius 2 is 2.11 bits per heavy atom. The smallest absolute Gasteiger partial charge is 0.150 e. The van der Waals surface area contributed by atoms with Crippen LogP contribution < -0.4 is 9.80 Å². The van der Waals surface area contributed by atoms with E-state index >= 15 is 0 Å². The van der Waals surface area contributed by atoms with Crippen LogP contribution in [0.4, 0.5) is 20.3 Å². The van der Waals surface area contributed by atoms with Crippen LogP contribution in [-0.4, -0.2) is 40.6 Å². The zero-order valence-electron chi connectivity index (χ0n) is 14.9. The molecule has 1 saturated heterocycles. The van der Waals surface area contributed by atoms with E-state index in [4.69, 9.17) is 11.7 Å². The predicted octanol–water partition coefficient (Wildman–Crippen LogP) is 2.83. The van der Waals surface area contributed by atoms with E-state index in [9.17, 15) is 8.78 Å². The topological polar surface area (TPSA) is 71.8 Å². The zero-order chi connectivity index (χ0) is 19.7. The molecule has 0 bridgehead atoms. The third kappa shape index (κ3) is 2.99. The Bertz CT molecular complexity index is 1090. The second-order valence-corrected chi connectivity index (χ2v) is 6.56. The van der Waals surface area contributed by atoms with Crippen molar-refractivity contribution in [3.05, 3.63) is 47.9 Å². The molecule has 0 saturated carbocycles. The average Bonchev–Trinajstić information content (AvgIpc) is 3.35. The molecule has 6 nitrogen and oxygen atoms in total. The number of H-pyrrole nitrogens is 1. The van der Waals surface area contributed by atoms with E-state index in [2.05, 4.69) is 25.8 Å². The zero-order valence-corrected chi connectivity index (χ0v) is 14.9. The quantitative estimate of drug-likeness (QED) is 0.707. The molecule has 28 heavy (non-hydrogen) atoms. The van der Waals surface area contributed by atoms with Crippen LogP contribution in [0.3, 0.4) is 0 Å². The van der Waals surface area contributed by atoms with Gasteiger partial charge in [-0.25, -0.2) is 18.7 Å². The molecular formula is C20H16F2N6.